The molecule has 16 heavy (non-hydrogen) atoms. The van der Waals surface area contributed by atoms with Crippen molar-refractivity contribution in [3.63, 3.8) is 0 Å². The fourth-order valence-corrected chi connectivity index (χ4v) is 3.04. The molecular weight excluding hydrogens is 228 g/mol. The van der Waals surface area contributed by atoms with Crippen molar-refractivity contribution in [3.8, 4) is 0 Å². The van der Waals surface area contributed by atoms with Crippen molar-refractivity contribution in [2.24, 2.45) is 0 Å². The molecule has 0 aliphatic carbocycles. The Hall–Kier alpha value is -0.170. The van der Waals surface area contributed by atoms with Gasteiger partial charge in [-0.2, -0.15) is 0 Å². The Bertz CT molecular complexity index is 286. The predicted molar refractivity (Wildman–Crippen MR) is 63.9 cm³/mol. The number of rotatable bonds is 6. The maximum absolute atomic E-state index is 11.9. The van der Waals surface area contributed by atoms with Crippen LogP contribution in [0.5, 0.6) is 0 Å². The summed E-state index contributed by atoms with van der Waals surface area (Å²) >= 11 is 0. The summed E-state index contributed by atoms with van der Waals surface area (Å²) in [5.74, 6) is 0. The lowest BCUT2D eigenvalue weighted by atomic mass is 10.1. The molecule has 1 saturated heterocycles. The van der Waals surface area contributed by atoms with Crippen LogP contribution in [0.3, 0.4) is 0 Å². The van der Waals surface area contributed by atoms with Crippen LogP contribution in [-0.2, 0) is 14.8 Å². The van der Waals surface area contributed by atoms with Gasteiger partial charge in [-0.15, -0.1) is 0 Å². The topological polar surface area (TPSA) is 67.4 Å². The van der Waals surface area contributed by atoms with Crippen LogP contribution in [0.4, 0.5) is 0 Å². The Morgan fingerprint density at radius 2 is 2.31 bits per heavy atom. The van der Waals surface area contributed by atoms with E-state index in [2.05, 4.69) is 10.0 Å². The quantitative estimate of drug-likeness (QED) is 0.701. The van der Waals surface area contributed by atoms with E-state index < -0.39 is 15.3 Å². The van der Waals surface area contributed by atoms with Gasteiger partial charge in [-0.1, -0.05) is 0 Å². The van der Waals surface area contributed by atoms with E-state index in [1.807, 2.05) is 0 Å². The fourth-order valence-electron chi connectivity index (χ4n) is 1.74. The number of hydrogen-bond acceptors (Lipinski definition) is 4. The van der Waals surface area contributed by atoms with Gasteiger partial charge in [-0.3, -0.25) is 0 Å². The lowest BCUT2D eigenvalue weighted by Gasteiger charge is -2.25. The van der Waals surface area contributed by atoms with Crippen molar-refractivity contribution in [1.82, 2.24) is 10.0 Å². The molecule has 6 heteroatoms. The van der Waals surface area contributed by atoms with Crippen LogP contribution in [0.15, 0.2) is 0 Å². The molecule has 0 aromatic heterocycles. The summed E-state index contributed by atoms with van der Waals surface area (Å²) in [7, 11) is -1.62. The third-order valence-electron chi connectivity index (χ3n) is 2.89. The van der Waals surface area contributed by atoms with Gasteiger partial charge in [-0.25, -0.2) is 13.1 Å². The first kappa shape index (κ1) is 13.9. The first-order valence-electron chi connectivity index (χ1n) is 5.77. The van der Waals surface area contributed by atoms with E-state index in [0.29, 0.717) is 13.0 Å². The lowest BCUT2D eigenvalue weighted by molar-refractivity contribution is 0.194. The molecule has 0 unspecified atom stereocenters. The second-order valence-corrected chi connectivity index (χ2v) is 6.43. The molecule has 0 aromatic rings. The third kappa shape index (κ3) is 4.37. The first-order chi connectivity index (χ1) is 7.56. The fraction of sp³-hybridized carbons (Fsp3) is 1.00. The molecule has 2 atom stereocenters. The molecule has 0 spiro atoms. The minimum absolute atomic E-state index is 0.0451. The van der Waals surface area contributed by atoms with E-state index >= 15 is 0 Å². The van der Waals surface area contributed by atoms with E-state index in [0.717, 1.165) is 25.9 Å². The number of hydrogen-bond donors (Lipinski definition) is 2. The Morgan fingerprint density at radius 3 is 2.88 bits per heavy atom. The highest BCUT2D eigenvalue weighted by Crippen LogP contribution is 2.08. The van der Waals surface area contributed by atoms with Crippen molar-refractivity contribution in [2.45, 2.75) is 37.5 Å². The maximum atomic E-state index is 11.9. The zero-order valence-corrected chi connectivity index (χ0v) is 10.8. The Morgan fingerprint density at radius 1 is 1.56 bits per heavy atom. The highest BCUT2D eigenvalue weighted by molar-refractivity contribution is 7.90. The zero-order valence-electron chi connectivity index (χ0n) is 10.0. The van der Waals surface area contributed by atoms with Crippen LogP contribution in [0.1, 0.15) is 26.2 Å². The van der Waals surface area contributed by atoms with Crippen molar-refractivity contribution < 1.29 is 13.2 Å². The van der Waals surface area contributed by atoms with Gasteiger partial charge in [0.2, 0.25) is 10.0 Å². The number of nitrogens with one attached hydrogen (secondary N) is 2. The minimum Gasteiger partial charge on any atom is -0.385 e. The molecule has 1 heterocycles. The normalized spacial score (nSPS) is 24.2. The van der Waals surface area contributed by atoms with Gasteiger partial charge in [-0.05, 0) is 32.7 Å². The summed E-state index contributed by atoms with van der Waals surface area (Å²) in [5.41, 5.74) is 0. The van der Waals surface area contributed by atoms with Crippen LogP contribution in [0, 0.1) is 0 Å². The van der Waals surface area contributed by atoms with Crippen LogP contribution in [-0.4, -0.2) is 46.5 Å². The highest BCUT2D eigenvalue weighted by atomic mass is 32.2. The Balaban J connectivity index is 2.42. The van der Waals surface area contributed by atoms with E-state index in [1.165, 1.54) is 0 Å². The average Bonchev–Trinajstić information content (AvgIpc) is 2.26. The van der Waals surface area contributed by atoms with Gasteiger partial charge >= 0.3 is 0 Å². The lowest BCUT2D eigenvalue weighted by Crippen LogP contribution is -2.48. The van der Waals surface area contributed by atoms with Gasteiger partial charge in [0.05, 0.1) is 5.25 Å². The van der Waals surface area contributed by atoms with Gasteiger partial charge < -0.3 is 10.1 Å². The molecule has 1 aliphatic rings. The van der Waals surface area contributed by atoms with Crippen LogP contribution >= 0.6 is 0 Å². The highest BCUT2D eigenvalue weighted by Gasteiger charge is 2.24. The largest absolute Gasteiger partial charge is 0.385 e. The molecule has 0 bridgehead atoms. The zero-order chi connectivity index (χ0) is 12.0. The van der Waals surface area contributed by atoms with Gasteiger partial charge in [0, 0.05) is 26.3 Å². The van der Waals surface area contributed by atoms with Gasteiger partial charge in [0.25, 0.3) is 0 Å². The maximum Gasteiger partial charge on any atom is 0.214 e. The number of piperidine rings is 1. The number of ether oxygens (including phenoxy) is 1. The average molecular weight is 250 g/mol. The monoisotopic (exact) mass is 250 g/mol. The molecule has 96 valence electrons. The second-order valence-electron chi connectivity index (χ2n) is 4.30. The number of sulfonamides is 1. The second kappa shape index (κ2) is 6.54. The van der Waals surface area contributed by atoms with E-state index in [9.17, 15) is 8.42 Å². The summed E-state index contributed by atoms with van der Waals surface area (Å²) in [6.45, 7) is 3.91. The molecule has 0 amide bonds. The van der Waals surface area contributed by atoms with Crippen molar-refractivity contribution in [2.75, 3.05) is 26.8 Å². The molecule has 0 radical (unpaired) electrons. The summed E-state index contributed by atoms with van der Waals surface area (Å²) in [4.78, 5) is 0. The standard InChI is InChI=1S/C10H22N2O3S/c1-9(5-7-15-2)16(13,14)12-10-4-3-6-11-8-10/h9-12H,3-8H2,1-2H3/t9-,10-/m1/s1. The van der Waals surface area contributed by atoms with Crippen molar-refractivity contribution in [1.29, 1.82) is 0 Å². The molecule has 1 aliphatic heterocycles. The third-order valence-corrected chi connectivity index (χ3v) is 4.84. The summed E-state index contributed by atoms with van der Waals surface area (Å²) in [5, 5.41) is 2.79. The van der Waals surface area contributed by atoms with Crippen LogP contribution in [0.2, 0.25) is 0 Å². The Labute approximate surface area is 98.0 Å². The predicted octanol–water partition coefficient (Wildman–Crippen LogP) is 0.0828. The van der Waals surface area contributed by atoms with E-state index in [1.54, 1.807) is 14.0 Å². The molecule has 0 aromatic carbocycles. The van der Waals surface area contributed by atoms with E-state index in [-0.39, 0.29) is 6.04 Å². The van der Waals surface area contributed by atoms with Gasteiger partial charge in [0.1, 0.15) is 0 Å². The summed E-state index contributed by atoms with van der Waals surface area (Å²) in [6.07, 6.45) is 2.48. The first-order valence-corrected chi connectivity index (χ1v) is 7.31. The molecule has 1 fully saturated rings. The van der Waals surface area contributed by atoms with E-state index in [4.69, 9.17) is 4.74 Å². The van der Waals surface area contributed by atoms with Gasteiger partial charge in [0.15, 0.2) is 0 Å². The van der Waals surface area contributed by atoms with Crippen molar-refractivity contribution >= 4 is 10.0 Å². The van der Waals surface area contributed by atoms with Crippen LogP contribution < -0.4 is 10.0 Å². The molecule has 5 nitrogen and oxygen atoms in total. The molecule has 2 N–H and O–H groups in total. The SMILES string of the molecule is COCC[C@@H](C)S(=O)(=O)N[C@@H]1CCCNC1. The number of methoxy groups -OCH3 is 1. The summed E-state index contributed by atoms with van der Waals surface area (Å²) < 4.78 is 31.5. The minimum atomic E-state index is -3.20. The molecular formula is C10H22N2O3S. The Kier molecular flexibility index (Phi) is 5.68. The summed E-state index contributed by atoms with van der Waals surface area (Å²) in [6, 6.07) is 0.0451. The van der Waals surface area contributed by atoms with Crippen LogP contribution in [0.25, 0.3) is 0 Å². The molecule has 0 saturated carbocycles. The smallest absolute Gasteiger partial charge is 0.214 e. The van der Waals surface area contributed by atoms with Crippen molar-refractivity contribution in [3.05, 3.63) is 0 Å². The molecule has 1 rings (SSSR count).